The molecule has 1 heteroatoms. The van der Waals surface area contributed by atoms with Crippen molar-refractivity contribution in [3.8, 4) is 0 Å². The molecule has 0 bridgehead atoms. The molecule has 1 nitrogen and oxygen atoms in total. The maximum atomic E-state index is 4.03. The Kier molecular flexibility index (Phi) is 6.35. The van der Waals surface area contributed by atoms with Crippen molar-refractivity contribution in [3.05, 3.63) is 23.9 Å². The minimum Gasteiger partial charge on any atom is -0.265 e. The summed E-state index contributed by atoms with van der Waals surface area (Å²) in [6.45, 7) is 10.0. The van der Waals surface area contributed by atoms with Crippen LogP contribution in [0.5, 0.6) is 0 Å². The fourth-order valence-electron chi connectivity index (χ4n) is 0.954. The molecule has 0 aliphatic carbocycles. The predicted molar refractivity (Wildman–Crippen MR) is 56.6 cm³/mol. The molecule has 0 radical (unpaired) electrons. The van der Waals surface area contributed by atoms with Crippen LogP contribution in [0.15, 0.2) is 28.9 Å². The third kappa shape index (κ3) is 4.89. The van der Waals surface area contributed by atoms with E-state index < -0.39 is 0 Å². The Morgan fingerprint density at radius 3 is 2.50 bits per heavy atom. The number of hydrogen-bond acceptors (Lipinski definition) is 1. The molecule has 68 valence electrons. The van der Waals surface area contributed by atoms with Crippen molar-refractivity contribution in [2.45, 2.75) is 40.0 Å². The number of rotatable bonds is 5. The van der Waals surface area contributed by atoms with Crippen LogP contribution in [0.3, 0.4) is 0 Å². The summed E-state index contributed by atoms with van der Waals surface area (Å²) in [5.41, 5.74) is 2.70. The molecule has 0 aliphatic heterocycles. The van der Waals surface area contributed by atoms with E-state index in [-0.39, 0.29) is 0 Å². The molecule has 0 atom stereocenters. The second kappa shape index (κ2) is 6.84. The van der Waals surface area contributed by atoms with Crippen LogP contribution in [0.2, 0.25) is 0 Å². The first-order valence-corrected chi connectivity index (χ1v) is 4.52. The molecule has 12 heavy (non-hydrogen) atoms. The minimum atomic E-state index is 1.14. The van der Waals surface area contributed by atoms with E-state index in [0.717, 1.165) is 6.42 Å². The van der Waals surface area contributed by atoms with Crippen molar-refractivity contribution in [1.29, 1.82) is 0 Å². The zero-order chi connectivity index (χ0) is 9.40. The van der Waals surface area contributed by atoms with E-state index in [0.29, 0.717) is 0 Å². The van der Waals surface area contributed by atoms with Crippen LogP contribution in [0.4, 0.5) is 0 Å². The Morgan fingerprint density at radius 1 is 1.42 bits per heavy atom. The van der Waals surface area contributed by atoms with Crippen LogP contribution in [-0.2, 0) is 0 Å². The molecular weight excluding hydrogens is 146 g/mol. The Bertz CT molecular complexity index is 183. The monoisotopic (exact) mass is 165 g/mol. The first kappa shape index (κ1) is 11.2. The van der Waals surface area contributed by atoms with E-state index in [1.807, 2.05) is 6.21 Å². The molecule has 0 saturated heterocycles. The third-order valence-corrected chi connectivity index (χ3v) is 1.78. The first-order chi connectivity index (χ1) is 5.72. The van der Waals surface area contributed by atoms with E-state index in [9.17, 15) is 0 Å². The molecule has 0 aromatic carbocycles. The molecule has 0 amide bonds. The Morgan fingerprint density at radius 2 is 2.08 bits per heavy atom. The first-order valence-electron chi connectivity index (χ1n) is 4.52. The van der Waals surface area contributed by atoms with Gasteiger partial charge in [-0.1, -0.05) is 25.5 Å². The highest BCUT2D eigenvalue weighted by molar-refractivity contribution is 5.79. The second-order valence-electron chi connectivity index (χ2n) is 3.09. The van der Waals surface area contributed by atoms with E-state index in [1.54, 1.807) is 6.20 Å². The lowest BCUT2D eigenvalue weighted by Crippen LogP contribution is -1.88. The fraction of sp³-hybridized carbons (Fsp3) is 0.545. The van der Waals surface area contributed by atoms with Gasteiger partial charge in [0.2, 0.25) is 0 Å². The van der Waals surface area contributed by atoms with Crippen LogP contribution < -0.4 is 0 Å². The zero-order valence-corrected chi connectivity index (χ0v) is 8.43. The van der Waals surface area contributed by atoms with Crippen LogP contribution in [0.1, 0.15) is 40.0 Å². The summed E-state index contributed by atoms with van der Waals surface area (Å²) in [7, 11) is 0. The van der Waals surface area contributed by atoms with Crippen molar-refractivity contribution >= 4 is 6.21 Å². The summed E-state index contributed by atoms with van der Waals surface area (Å²) in [6, 6.07) is 0. The van der Waals surface area contributed by atoms with Crippen LogP contribution in [0, 0.1) is 0 Å². The quantitative estimate of drug-likeness (QED) is 0.550. The molecule has 0 aromatic heterocycles. The van der Waals surface area contributed by atoms with E-state index in [2.05, 4.69) is 32.3 Å². The van der Waals surface area contributed by atoms with Gasteiger partial charge >= 0.3 is 0 Å². The van der Waals surface area contributed by atoms with Gasteiger partial charge in [-0.2, -0.15) is 0 Å². The maximum absolute atomic E-state index is 4.03. The van der Waals surface area contributed by atoms with Crippen molar-refractivity contribution in [2.24, 2.45) is 4.99 Å². The lowest BCUT2D eigenvalue weighted by molar-refractivity contribution is 0.799. The van der Waals surface area contributed by atoms with Crippen LogP contribution in [0.25, 0.3) is 0 Å². The van der Waals surface area contributed by atoms with Crippen molar-refractivity contribution < 1.29 is 0 Å². The number of unbranched alkanes of at least 4 members (excludes halogenated alkanes) is 1. The molecule has 0 aromatic rings. The molecule has 0 fully saturated rings. The van der Waals surface area contributed by atoms with Gasteiger partial charge in [-0.05, 0) is 32.3 Å². The van der Waals surface area contributed by atoms with Crippen molar-refractivity contribution in [2.75, 3.05) is 0 Å². The van der Waals surface area contributed by atoms with Crippen LogP contribution >= 0.6 is 0 Å². The van der Waals surface area contributed by atoms with Crippen molar-refractivity contribution in [1.82, 2.24) is 0 Å². The minimum absolute atomic E-state index is 1.14. The Balaban J connectivity index is 4.16. The lowest BCUT2D eigenvalue weighted by atomic mass is 10.1. The normalized spacial score (nSPS) is 10.2. The molecular formula is C11H19N. The van der Waals surface area contributed by atoms with Gasteiger partial charge in [-0.3, -0.25) is 4.99 Å². The summed E-state index contributed by atoms with van der Waals surface area (Å²) in [4.78, 5) is 4.03. The summed E-state index contributed by atoms with van der Waals surface area (Å²) >= 11 is 0. The number of allylic oxidation sites excluding steroid dienone is 2. The summed E-state index contributed by atoms with van der Waals surface area (Å²) in [5, 5.41) is 0. The average Bonchev–Trinajstić information content (AvgIpc) is 2.04. The third-order valence-electron chi connectivity index (χ3n) is 1.78. The van der Waals surface area contributed by atoms with E-state index in [1.165, 1.54) is 24.0 Å². The molecule has 0 unspecified atom stereocenters. The highest BCUT2D eigenvalue weighted by Crippen LogP contribution is 2.09. The summed E-state index contributed by atoms with van der Waals surface area (Å²) in [5.74, 6) is 0. The van der Waals surface area contributed by atoms with Crippen LogP contribution in [-0.4, -0.2) is 6.21 Å². The standard InChI is InChI=1S/C11H19N/c1-5-7-8-11(10(3)4)9-12-6-2/h6,9H,2,5,7-8H2,1,3-4H3/b12-9-. The maximum Gasteiger partial charge on any atom is 0.0298 e. The predicted octanol–water partition coefficient (Wildman–Crippen LogP) is 3.73. The van der Waals surface area contributed by atoms with Gasteiger partial charge in [-0.25, -0.2) is 0 Å². The van der Waals surface area contributed by atoms with Crippen molar-refractivity contribution in [3.63, 3.8) is 0 Å². The molecule has 0 heterocycles. The Labute approximate surface area is 75.9 Å². The van der Waals surface area contributed by atoms with E-state index in [4.69, 9.17) is 0 Å². The smallest absolute Gasteiger partial charge is 0.0298 e. The Hall–Kier alpha value is -0.850. The SMILES string of the molecule is C=C/N=C\C(CCCC)=C(C)C. The highest BCUT2D eigenvalue weighted by Gasteiger charge is 1.94. The van der Waals surface area contributed by atoms with Gasteiger partial charge < -0.3 is 0 Å². The highest BCUT2D eigenvalue weighted by atomic mass is 14.7. The second-order valence-corrected chi connectivity index (χ2v) is 3.09. The zero-order valence-electron chi connectivity index (χ0n) is 8.43. The molecule has 0 saturated carbocycles. The number of hydrogen-bond donors (Lipinski definition) is 0. The van der Waals surface area contributed by atoms with E-state index >= 15 is 0 Å². The summed E-state index contributed by atoms with van der Waals surface area (Å²) < 4.78 is 0. The topological polar surface area (TPSA) is 12.4 Å². The van der Waals surface area contributed by atoms with Gasteiger partial charge in [0.1, 0.15) is 0 Å². The fourth-order valence-corrected chi connectivity index (χ4v) is 0.954. The summed E-state index contributed by atoms with van der Waals surface area (Å²) in [6.07, 6.45) is 7.10. The lowest BCUT2D eigenvalue weighted by Gasteiger charge is -2.01. The number of nitrogens with zero attached hydrogens (tertiary/aromatic N) is 1. The van der Waals surface area contributed by atoms with Gasteiger partial charge in [-0.15, -0.1) is 0 Å². The van der Waals surface area contributed by atoms with Gasteiger partial charge in [0.05, 0.1) is 0 Å². The van der Waals surface area contributed by atoms with Gasteiger partial charge in [0.15, 0.2) is 0 Å². The number of aliphatic imine (C=N–C) groups is 1. The average molecular weight is 165 g/mol. The molecule has 0 aliphatic rings. The molecule has 0 spiro atoms. The largest absolute Gasteiger partial charge is 0.265 e. The van der Waals surface area contributed by atoms with Gasteiger partial charge in [0, 0.05) is 12.4 Å². The van der Waals surface area contributed by atoms with Gasteiger partial charge in [0.25, 0.3) is 0 Å². The molecule has 0 N–H and O–H groups in total. The molecule has 0 rings (SSSR count).